The van der Waals surface area contributed by atoms with Crippen LogP contribution >= 0.6 is 11.3 Å². The van der Waals surface area contributed by atoms with Gasteiger partial charge in [-0.2, -0.15) is 0 Å². The molecule has 1 N–H and O–H groups in total. The highest BCUT2D eigenvalue weighted by Crippen LogP contribution is 2.25. The predicted molar refractivity (Wildman–Crippen MR) is 102 cm³/mol. The zero-order chi connectivity index (χ0) is 18.7. The number of amides is 1. The van der Waals surface area contributed by atoms with Crippen molar-refractivity contribution in [2.45, 2.75) is 39.0 Å². The molecule has 0 bridgehead atoms. The van der Waals surface area contributed by atoms with Crippen molar-refractivity contribution in [3.05, 3.63) is 51.5 Å². The SMILES string of the molecule is CC(C)c1nc(C(=O)N2CCC(Cc3ccccc3C(=O)O)CC2)cs1. The van der Waals surface area contributed by atoms with Crippen LogP contribution in [0.1, 0.15) is 64.0 Å². The summed E-state index contributed by atoms with van der Waals surface area (Å²) >= 11 is 1.54. The van der Waals surface area contributed by atoms with Gasteiger partial charge in [-0.3, -0.25) is 4.79 Å². The Kier molecular flexibility index (Phi) is 5.71. The summed E-state index contributed by atoms with van der Waals surface area (Å²) in [5.74, 6) is -0.127. The van der Waals surface area contributed by atoms with Crippen molar-refractivity contribution in [3.63, 3.8) is 0 Å². The number of aromatic nitrogens is 1. The Morgan fingerprint density at radius 2 is 1.96 bits per heavy atom. The highest BCUT2D eigenvalue weighted by atomic mass is 32.1. The first-order valence-electron chi connectivity index (χ1n) is 9.01. The number of piperidine rings is 1. The molecule has 0 radical (unpaired) electrons. The molecular weight excluding hydrogens is 348 g/mol. The van der Waals surface area contributed by atoms with Crippen LogP contribution in [0.4, 0.5) is 0 Å². The van der Waals surface area contributed by atoms with Crippen molar-refractivity contribution in [2.24, 2.45) is 5.92 Å². The predicted octanol–water partition coefficient (Wildman–Crippen LogP) is 4.06. The fraction of sp³-hybridized carbons (Fsp3) is 0.450. The molecule has 1 saturated heterocycles. The Labute approximate surface area is 157 Å². The molecule has 1 aromatic heterocycles. The van der Waals surface area contributed by atoms with Crippen LogP contribution < -0.4 is 0 Å². The standard InChI is InChI=1S/C20H24N2O3S/c1-13(2)18-21-17(12-26-18)19(23)22-9-7-14(8-10-22)11-15-5-3-4-6-16(15)20(24)25/h3-6,12-14H,7-11H2,1-2H3,(H,24,25). The smallest absolute Gasteiger partial charge is 0.335 e. The summed E-state index contributed by atoms with van der Waals surface area (Å²) in [4.78, 5) is 30.3. The third kappa shape index (κ3) is 4.12. The van der Waals surface area contributed by atoms with E-state index in [0.717, 1.165) is 29.8 Å². The van der Waals surface area contributed by atoms with Gasteiger partial charge in [0, 0.05) is 24.4 Å². The Morgan fingerprint density at radius 3 is 2.58 bits per heavy atom. The van der Waals surface area contributed by atoms with Gasteiger partial charge in [0.15, 0.2) is 0 Å². The lowest BCUT2D eigenvalue weighted by Crippen LogP contribution is -2.39. The van der Waals surface area contributed by atoms with Crippen molar-refractivity contribution in [1.29, 1.82) is 0 Å². The molecular formula is C20H24N2O3S. The van der Waals surface area contributed by atoms with Gasteiger partial charge in [-0.05, 0) is 36.8 Å². The quantitative estimate of drug-likeness (QED) is 0.859. The Hall–Kier alpha value is -2.21. The number of likely N-dealkylation sites (tertiary alicyclic amines) is 1. The molecule has 1 amide bonds. The summed E-state index contributed by atoms with van der Waals surface area (Å²) in [5.41, 5.74) is 1.81. The summed E-state index contributed by atoms with van der Waals surface area (Å²) < 4.78 is 0. The number of nitrogens with zero attached hydrogens (tertiary/aromatic N) is 2. The van der Waals surface area contributed by atoms with E-state index in [2.05, 4.69) is 18.8 Å². The number of thiazole rings is 1. The second kappa shape index (κ2) is 7.99. The van der Waals surface area contributed by atoms with Gasteiger partial charge in [-0.1, -0.05) is 32.0 Å². The van der Waals surface area contributed by atoms with Gasteiger partial charge in [0.1, 0.15) is 5.69 Å². The molecule has 0 atom stereocenters. The average molecular weight is 372 g/mol. The zero-order valence-electron chi connectivity index (χ0n) is 15.1. The minimum atomic E-state index is -0.877. The second-order valence-electron chi connectivity index (χ2n) is 7.13. The summed E-state index contributed by atoms with van der Waals surface area (Å²) in [6.07, 6.45) is 2.53. The fourth-order valence-electron chi connectivity index (χ4n) is 3.37. The number of carbonyl (C=O) groups is 2. The van der Waals surface area contributed by atoms with Gasteiger partial charge in [0.05, 0.1) is 10.6 Å². The third-order valence-corrected chi connectivity index (χ3v) is 6.04. The Balaban J connectivity index is 1.59. The second-order valence-corrected chi connectivity index (χ2v) is 8.02. The molecule has 6 heteroatoms. The van der Waals surface area contributed by atoms with Gasteiger partial charge in [0.2, 0.25) is 0 Å². The minimum absolute atomic E-state index is 0.0116. The molecule has 0 aliphatic carbocycles. The van der Waals surface area contributed by atoms with Crippen LogP contribution in [0.5, 0.6) is 0 Å². The van der Waals surface area contributed by atoms with E-state index in [0.29, 0.717) is 36.2 Å². The topological polar surface area (TPSA) is 70.5 Å². The molecule has 1 fully saturated rings. The van der Waals surface area contributed by atoms with Crippen molar-refractivity contribution >= 4 is 23.2 Å². The lowest BCUT2D eigenvalue weighted by atomic mass is 9.88. The average Bonchev–Trinajstić information content (AvgIpc) is 3.12. The van der Waals surface area contributed by atoms with E-state index >= 15 is 0 Å². The van der Waals surface area contributed by atoms with E-state index in [4.69, 9.17) is 0 Å². The van der Waals surface area contributed by atoms with Crippen LogP contribution in [0.3, 0.4) is 0 Å². The number of hydrogen-bond donors (Lipinski definition) is 1. The number of carboxylic acid groups (broad SMARTS) is 1. The maximum Gasteiger partial charge on any atom is 0.335 e. The van der Waals surface area contributed by atoms with Crippen molar-refractivity contribution in [3.8, 4) is 0 Å². The molecule has 26 heavy (non-hydrogen) atoms. The monoisotopic (exact) mass is 372 g/mol. The summed E-state index contributed by atoms with van der Waals surface area (Å²) in [5, 5.41) is 12.2. The minimum Gasteiger partial charge on any atom is -0.478 e. The van der Waals surface area contributed by atoms with Gasteiger partial charge < -0.3 is 10.0 Å². The fourth-order valence-corrected chi connectivity index (χ4v) is 4.18. The molecule has 2 aromatic rings. The lowest BCUT2D eigenvalue weighted by Gasteiger charge is -2.31. The van der Waals surface area contributed by atoms with E-state index in [1.54, 1.807) is 23.5 Å². The highest BCUT2D eigenvalue weighted by molar-refractivity contribution is 7.09. The van der Waals surface area contributed by atoms with E-state index in [9.17, 15) is 14.7 Å². The number of aromatic carboxylic acids is 1. The maximum absolute atomic E-state index is 12.6. The Bertz CT molecular complexity index is 792. The molecule has 5 nitrogen and oxygen atoms in total. The van der Waals surface area contributed by atoms with Crippen molar-refractivity contribution in [1.82, 2.24) is 9.88 Å². The number of benzene rings is 1. The van der Waals surface area contributed by atoms with E-state index in [1.807, 2.05) is 22.4 Å². The summed E-state index contributed by atoms with van der Waals surface area (Å²) in [7, 11) is 0. The zero-order valence-corrected chi connectivity index (χ0v) is 16.0. The van der Waals surface area contributed by atoms with Crippen molar-refractivity contribution in [2.75, 3.05) is 13.1 Å². The summed E-state index contributed by atoms with van der Waals surface area (Å²) in [6, 6.07) is 7.19. The van der Waals surface area contributed by atoms with Crippen LogP contribution in [0.15, 0.2) is 29.6 Å². The van der Waals surface area contributed by atoms with Gasteiger partial charge >= 0.3 is 5.97 Å². The molecule has 1 aliphatic rings. The number of rotatable bonds is 5. The molecule has 1 aliphatic heterocycles. The van der Waals surface area contributed by atoms with Crippen LogP contribution in [0.2, 0.25) is 0 Å². The number of carboxylic acids is 1. The van der Waals surface area contributed by atoms with E-state index in [-0.39, 0.29) is 5.91 Å². The first kappa shape index (κ1) is 18.6. The molecule has 0 unspecified atom stereocenters. The Morgan fingerprint density at radius 1 is 1.27 bits per heavy atom. The van der Waals surface area contributed by atoms with Crippen molar-refractivity contribution < 1.29 is 14.7 Å². The molecule has 0 spiro atoms. The normalized spacial score (nSPS) is 15.4. The van der Waals surface area contributed by atoms with E-state index < -0.39 is 5.97 Å². The van der Waals surface area contributed by atoms with Crippen LogP contribution in [0, 0.1) is 5.92 Å². The van der Waals surface area contributed by atoms with Crippen LogP contribution in [-0.4, -0.2) is 40.0 Å². The molecule has 0 saturated carbocycles. The first-order valence-corrected chi connectivity index (χ1v) is 9.89. The molecule has 2 heterocycles. The summed E-state index contributed by atoms with van der Waals surface area (Å²) in [6.45, 7) is 5.56. The maximum atomic E-state index is 12.6. The van der Waals surface area contributed by atoms with Gasteiger partial charge in [-0.25, -0.2) is 9.78 Å². The van der Waals surface area contributed by atoms with Crippen LogP contribution in [0.25, 0.3) is 0 Å². The molecule has 1 aromatic carbocycles. The highest BCUT2D eigenvalue weighted by Gasteiger charge is 2.26. The van der Waals surface area contributed by atoms with E-state index in [1.165, 1.54) is 0 Å². The largest absolute Gasteiger partial charge is 0.478 e. The molecule has 138 valence electrons. The van der Waals surface area contributed by atoms with Gasteiger partial charge in [-0.15, -0.1) is 11.3 Å². The van der Waals surface area contributed by atoms with Gasteiger partial charge in [0.25, 0.3) is 5.91 Å². The first-order chi connectivity index (χ1) is 12.5. The third-order valence-electron chi connectivity index (χ3n) is 4.89. The molecule has 3 rings (SSSR count). The number of carbonyl (C=O) groups excluding carboxylic acids is 1. The van der Waals surface area contributed by atoms with Crippen LogP contribution in [-0.2, 0) is 6.42 Å². The lowest BCUT2D eigenvalue weighted by molar-refractivity contribution is 0.0685. The number of hydrogen-bond acceptors (Lipinski definition) is 4.